The van der Waals surface area contributed by atoms with Crippen molar-refractivity contribution in [2.24, 2.45) is 0 Å². The maximum atomic E-state index is 13.5. The molecule has 0 saturated carbocycles. The minimum absolute atomic E-state index is 0.0961. The van der Waals surface area contributed by atoms with E-state index < -0.39 is 20.4 Å². The smallest absolute Gasteiger partial charge is 0.288 e. The molecule has 4 aromatic rings. The second-order valence-corrected chi connectivity index (χ2v) is 8.19. The summed E-state index contributed by atoms with van der Waals surface area (Å²) >= 11 is 0. The highest BCUT2D eigenvalue weighted by Gasteiger charge is 2.32. The molecule has 0 saturated heterocycles. The first-order valence-corrected chi connectivity index (χ1v) is 10.2. The molecule has 0 aliphatic rings. The zero-order valence-corrected chi connectivity index (χ0v) is 16.1. The summed E-state index contributed by atoms with van der Waals surface area (Å²) in [6, 6.07) is 19.5. The van der Waals surface area contributed by atoms with Gasteiger partial charge in [-0.25, -0.2) is 8.42 Å². The van der Waals surface area contributed by atoms with Crippen LogP contribution in [0.3, 0.4) is 0 Å². The van der Waals surface area contributed by atoms with Crippen LogP contribution in [0.5, 0.6) is 5.75 Å². The summed E-state index contributed by atoms with van der Waals surface area (Å²) in [5, 5.41) is 12.0. The number of methoxy groups -OCH3 is 1. The first-order valence-electron chi connectivity index (χ1n) is 8.67. The lowest BCUT2D eigenvalue weighted by molar-refractivity contribution is -0.387. The van der Waals surface area contributed by atoms with Crippen LogP contribution in [0.4, 0.5) is 5.69 Å². The number of nitrogens with one attached hydrogen (secondary N) is 1. The van der Waals surface area contributed by atoms with Gasteiger partial charge in [0.25, 0.3) is 5.69 Å². The predicted octanol–water partition coefficient (Wildman–Crippen LogP) is 4.58. The highest BCUT2D eigenvalue weighted by Crippen LogP contribution is 2.40. The van der Waals surface area contributed by atoms with Crippen LogP contribution in [0.1, 0.15) is 0 Å². The summed E-state index contributed by atoms with van der Waals surface area (Å²) in [4.78, 5) is 13.3. The maximum absolute atomic E-state index is 13.5. The van der Waals surface area contributed by atoms with Gasteiger partial charge in [0.1, 0.15) is 10.8 Å². The molecule has 0 aliphatic carbocycles. The van der Waals surface area contributed by atoms with Crippen LogP contribution in [0.2, 0.25) is 0 Å². The summed E-state index contributed by atoms with van der Waals surface area (Å²) < 4.78 is 32.3. The van der Waals surface area contributed by atoms with Crippen molar-refractivity contribution in [3.05, 3.63) is 82.9 Å². The lowest BCUT2D eigenvalue weighted by Gasteiger charge is -2.08. The number of hydrogen-bond donors (Lipinski definition) is 1. The van der Waals surface area contributed by atoms with Crippen LogP contribution in [-0.4, -0.2) is 25.4 Å². The van der Waals surface area contributed by atoms with Crippen LogP contribution >= 0.6 is 0 Å². The molecule has 146 valence electrons. The van der Waals surface area contributed by atoms with Gasteiger partial charge < -0.3 is 9.72 Å². The molecule has 3 aromatic carbocycles. The fourth-order valence-corrected chi connectivity index (χ4v) is 4.95. The first kappa shape index (κ1) is 18.7. The number of nitro benzene ring substituents is 1. The van der Waals surface area contributed by atoms with Crippen molar-refractivity contribution >= 4 is 26.4 Å². The lowest BCUT2D eigenvalue weighted by atomic mass is 10.0. The molecule has 0 bridgehead atoms. The predicted molar refractivity (Wildman–Crippen MR) is 109 cm³/mol. The lowest BCUT2D eigenvalue weighted by Crippen LogP contribution is -2.07. The van der Waals surface area contributed by atoms with Crippen LogP contribution in [0.25, 0.3) is 22.0 Å². The molecule has 29 heavy (non-hydrogen) atoms. The molecule has 0 atom stereocenters. The average Bonchev–Trinajstić information content (AvgIpc) is 3.13. The molecule has 4 rings (SSSR count). The van der Waals surface area contributed by atoms with Crippen molar-refractivity contribution in [3.8, 4) is 16.9 Å². The normalized spacial score (nSPS) is 11.5. The van der Waals surface area contributed by atoms with Gasteiger partial charge in [0.2, 0.25) is 9.84 Å². The fraction of sp³-hybridized carbons (Fsp3) is 0.0476. The van der Waals surface area contributed by atoms with Gasteiger partial charge in [-0.15, -0.1) is 0 Å². The largest absolute Gasteiger partial charge is 0.497 e. The zero-order chi connectivity index (χ0) is 20.6. The van der Waals surface area contributed by atoms with Gasteiger partial charge in [0.05, 0.1) is 12.0 Å². The molecule has 1 heterocycles. The molecule has 7 nitrogen and oxygen atoms in total. The minimum atomic E-state index is -4.21. The van der Waals surface area contributed by atoms with Crippen molar-refractivity contribution in [2.75, 3.05) is 7.11 Å². The van der Waals surface area contributed by atoms with E-state index in [4.69, 9.17) is 4.74 Å². The summed E-state index contributed by atoms with van der Waals surface area (Å²) in [7, 11) is -2.68. The van der Waals surface area contributed by atoms with Gasteiger partial charge in [0, 0.05) is 22.5 Å². The Morgan fingerprint density at radius 2 is 1.66 bits per heavy atom. The quantitative estimate of drug-likeness (QED) is 0.384. The number of aromatic amines is 1. The Morgan fingerprint density at radius 3 is 2.34 bits per heavy atom. The number of fused-ring (bicyclic) bond motifs is 1. The molecule has 0 aliphatic heterocycles. The van der Waals surface area contributed by atoms with Gasteiger partial charge in [-0.05, 0) is 29.8 Å². The number of hydrogen-bond acceptors (Lipinski definition) is 5. The van der Waals surface area contributed by atoms with Gasteiger partial charge in [-0.1, -0.05) is 42.5 Å². The van der Waals surface area contributed by atoms with Crippen LogP contribution in [-0.2, 0) is 9.84 Å². The van der Waals surface area contributed by atoms with Crippen molar-refractivity contribution in [3.63, 3.8) is 0 Å². The van der Waals surface area contributed by atoms with Crippen LogP contribution in [0.15, 0.2) is 82.7 Å². The number of aromatic nitrogens is 1. The summed E-state index contributed by atoms with van der Waals surface area (Å²) in [6.07, 6.45) is 0. The standard InChI is InChI=1S/C21H16N2O5S/c1-28-15-11-12-17-16(13-15)20(14-7-3-2-4-8-14)21(22-17)29(26,27)19-10-6-5-9-18(19)23(24)25/h2-13,22H,1H3. The second kappa shape index (κ2) is 7.06. The Morgan fingerprint density at radius 1 is 0.966 bits per heavy atom. The Balaban J connectivity index is 2.08. The van der Waals surface area contributed by atoms with Gasteiger partial charge >= 0.3 is 0 Å². The Labute approximate surface area is 166 Å². The van der Waals surface area contributed by atoms with Crippen molar-refractivity contribution in [1.29, 1.82) is 0 Å². The van der Waals surface area contributed by atoms with E-state index in [1.807, 2.05) is 6.07 Å². The Kier molecular flexibility index (Phi) is 4.56. The van der Waals surface area contributed by atoms with E-state index >= 15 is 0 Å². The molecule has 8 heteroatoms. The molecule has 1 N–H and O–H groups in total. The highest BCUT2D eigenvalue weighted by molar-refractivity contribution is 7.91. The number of sulfone groups is 1. The van der Waals surface area contributed by atoms with Crippen LogP contribution in [0, 0.1) is 10.1 Å². The van der Waals surface area contributed by atoms with Crippen molar-refractivity contribution in [2.45, 2.75) is 9.92 Å². The van der Waals surface area contributed by atoms with E-state index in [1.54, 1.807) is 42.5 Å². The van der Waals surface area contributed by atoms with E-state index in [0.29, 0.717) is 27.8 Å². The van der Waals surface area contributed by atoms with Crippen LogP contribution < -0.4 is 4.74 Å². The van der Waals surface area contributed by atoms with E-state index in [2.05, 4.69) is 4.98 Å². The SMILES string of the molecule is COc1ccc2[nH]c(S(=O)(=O)c3ccccc3[N+](=O)[O-])c(-c3ccccc3)c2c1. The molecule has 0 amide bonds. The first-order chi connectivity index (χ1) is 13.9. The maximum Gasteiger partial charge on any atom is 0.288 e. The third-order valence-electron chi connectivity index (χ3n) is 4.65. The summed E-state index contributed by atoms with van der Waals surface area (Å²) in [5.74, 6) is 0.573. The topological polar surface area (TPSA) is 102 Å². The summed E-state index contributed by atoms with van der Waals surface area (Å²) in [6.45, 7) is 0. The molecule has 0 fully saturated rings. The zero-order valence-electron chi connectivity index (χ0n) is 15.3. The van der Waals surface area contributed by atoms with Gasteiger partial charge in [0.15, 0.2) is 4.90 Å². The van der Waals surface area contributed by atoms with Crippen molar-refractivity contribution in [1.82, 2.24) is 4.98 Å². The third-order valence-corrected chi connectivity index (χ3v) is 6.42. The molecular weight excluding hydrogens is 392 g/mol. The fourth-order valence-electron chi connectivity index (χ4n) is 3.31. The number of ether oxygens (including phenoxy) is 1. The number of benzene rings is 3. The van der Waals surface area contributed by atoms with Gasteiger partial charge in [-0.2, -0.15) is 0 Å². The number of nitrogens with zero attached hydrogens (tertiary/aromatic N) is 1. The monoisotopic (exact) mass is 408 g/mol. The van der Waals surface area contributed by atoms with Gasteiger partial charge in [-0.3, -0.25) is 10.1 Å². The number of H-pyrrole nitrogens is 1. The molecule has 1 aromatic heterocycles. The van der Waals surface area contributed by atoms with E-state index in [9.17, 15) is 18.5 Å². The average molecular weight is 408 g/mol. The molecular formula is C21H16N2O5S. The highest BCUT2D eigenvalue weighted by atomic mass is 32.2. The van der Waals surface area contributed by atoms with E-state index in [-0.39, 0.29) is 9.92 Å². The minimum Gasteiger partial charge on any atom is -0.497 e. The summed E-state index contributed by atoms with van der Waals surface area (Å²) in [5.41, 5.74) is 1.23. The Bertz CT molecular complexity index is 1330. The second-order valence-electron chi connectivity index (χ2n) is 6.33. The van der Waals surface area contributed by atoms with Crippen molar-refractivity contribution < 1.29 is 18.1 Å². The number of rotatable bonds is 5. The van der Waals surface area contributed by atoms with E-state index in [0.717, 1.165) is 0 Å². The molecule has 0 unspecified atom stereocenters. The molecule has 0 radical (unpaired) electrons. The van der Waals surface area contributed by atoms with E-state index in [1.165, 1.54) is 31.4 Å². The Hall–Kier alpha value is -3.65. The molecule has 0 spiro atoms. The number of para-hydroxylation sites is 1. The third kappa shape index (κ3) is 3.13. The number of nitro groups is 1.